The molecule has 0 atom stereocenters. The monoisotopic (exact) mass is 231 g/mol. The van der Waals surface area contributed by atoms with Crippen molar-refractivity contribution in [2.75, 3.05) is 20.2 Å². The third kappa shape index (κ3) is 4.06. The number of nitrogens with one attached hydrogen (secondary N) is 1. The fourth-order valence-corrected chi connectivity index (χ4v) is 1.42. The van der Waals surface area contributed by atoms with Crippen molar-refractivity contribution in [2.24, 2.45) is 0 Å². The van der Waals surface area contributed by atoms with Crippen molar-refractivity contribution in [3.05, 3.63) is 29.0 Å². The van der Waals surface area contributed by atoms with Crippen LogP contribution in [0.5, 0.6) is 5.75 Å². The van der Waals surface area contributed by atoms with Crippen LogP contribution in [0.25, 0.3) is 0 Å². The van der Waals surface area contributed by atoms with Gasteiger partial charge < -0.3 is 10.1 Å². The van der Waals surface area contributed by atoms with E-state index in [2.05, 4.69) is 5.32 Å². The van der Waals surface area contributed by atoms with Crippen LogP contribution in [0.3, 0.4) is 0 Å². The molecular weight excluding hydrogens is 217 g/mol. The Bertz CT molecular complexity index is 286. The van der Waals surface area contributed by atoms with Gasteiger partial charge in [0.15, 0.2) is 11.6 Å². The molecule has 1 aromatic rings. The molecular formula is C11H15ClFNO. The molecule has 0 unspecified atom stereocenters. The van der Waals surface area contributed by atoms with E-state index in [4.69, 9.17) is 16.3 Å². The normalized spacial score (nSPS) is 10.3. The van der Waals surface area contributed by atoms with Crippen LogP contribution in [0.2, 0.25) is 5.02 Å². The number of para-hydroxylation sites is 1. The van der Waals surface area contributed by atoms with Gasteiger partial charge in [-0.2, -0.15) is 0 Å². The van der Waals surface area contributed by atoms with Gasteiger partial charge in [0.25, 0.3) is 0 Å². The number of unbranched alkanes of at least 4 members (excludes halogenated alkanes) is 1. The number of benzene rings is 1. The Hall–Kier alpha value is -0.800. The standard InChI is InChI=1S/C11H15ClFNO/c1-14-7-2-3-8-15-11-9(12)5-4-6-10(11)13/h4-6,14H,2-3,7-8H2,1H3. The zero-order chi connectivity index (χ0) is 11.1. The molecule has 0 saturated carbocycles. The largest absolute Gasteiger partial charge is 0.489 e. The van der Waals surface area contributed by atoms with E-state index in [0.29, 0.717) is 11.6 Å². The summed E-state index contributed by atoms with van der Waals surface area (Å²) in [5.41, 5.74) is 0. The van der Waals surface area contributed by atoms with Crippen LogP contribution in [0.1, 0.15) is 12.8 Å². The van der Waals surface area contributed by atoms with Crippen molar-refractivity contribution in [1.29, 1.82) is 0 Å². The van der Waals surface area contributed by atoms with Crippen molar-refractivity contribution in [1.82, 2.24) is 5.32 Å². The number of hydrogen-bond acceptors (Lipinski definition) is 2. The first-order chi connectivity index (χ1) is 7.25. The Kier molecular flexibility index (Phi) is 5.43. The van der Waals surface area contributed by atoms with Crippen LogP contribution < -0.4 is 10.1 Å². The fraction of sp³-hybridized carbons (Fsp3) is 0.455. The molecule has 0 aliphatic carbocycles. The van der Waals surface area contributed by atoms with Gasteiger partial charge >= 0.3 is 0 Å². The lowest BCUT2D eigenvalue weighted by molar-refractivity contribution is 0.292. The smallest absolute Gasteiger partial charge is 0.173 e. The highest BCUT2D eigenvalue weighted by Gasteiger charge is 2.06. The molecule has 84 valence electrons. The van der Waals surface area contributed by atoms with E-state index in [1.54, 1.807) is 12.1 Å². The molecule has 0 radical (unpaired) electrons. The first-order valence-electron chi connectivity index (χ1n) is 4.97. The Morgan fingerprint density at radius 1 is 1.40 bits per heavy atom. The van der Waals surface area contributed by atoms with E-state index in [-0.39, 0.29) is 5.75 Å². The second-order valence-electron chi connectivity index (χ2n) is 3.21. The molecule has 0 bridgehead atoms. The van der Waals surface area contributed by atoms with Crippen LogP contribution in [-0.2, 0) is 0 Å². The van der Waals surface area contributed by atoms with E-state index in [1.807, 2.05) is 7.05 Å². The van der Waals surface area contributed by atoms with Crippen molar-refractivity contribution in [3.63, 3.8) is 0 Å². The molecule has 1 aromatic carbocycles. The third-order valence-electron chi connectivity index (χ3n) is 1.99. The molecule has 0 amide bonds. The molecule has 1 N–H and O–H groups in total. The second-order valence-corrected chi connectivity index (χ2v) is 3.62. The second kappa shape index (κ2) is 6.64. The summed E-state index contributed by atoms with van der Waals surface area (Å²) < 4.78 is 18.5. The molecule has 0 heterocycles. The van der Waals surface area contributed by atoms with Crippen LogP contribution in [0.4, 0.5) is 4.39 Å². The highest BCUT2D eigenvalue weighted by Crippen LogP contribution is 2.27. The maximum Gasteiger partial charge on any atom is 0.173 e. The van der Waals surface area contributed by atoms with Crippen molar-refractivity contribution in [2.45, 2.75) is 12.8 Å². The molecule has 4 heteroatoms. The first-order valence-corrected chi connectivity index (χ1v) is 5.35. The van der Waals surface area contributed by atoms with Crippen LogP contribution in [0.15, 0.2) is 18.2 Å². The molecule has 0 aliphatic rings. The molecule has 1 rings (SSSR count). The lowest BCUT2D eigenvalue weighted by atomic mass is 10.3. The summed E-state index contributed by atoms with van der Waals surface area (Å²) >= 11 is 5.79. The maximum absolute atomic E-state index is 13.2. The number of ether oxygens (including phenoxy) is 1. The van der Waals surface area contributed by atoms with Gasteiger partial charge in [0.1, 0.15) is 0 Å². The van der Waals surface area contributed by atoms with Crippen molar-refractivity contribution < 1.29 is 9.13 Å². The molecule has 0 aliphatic heterocycles. The lowest BCUT2D eigenvalue weighted by Crippen LogP contribution is -2.09. The number of halogens is 2. The summed E-state index contributed by atoms with van der Waals surface area (Å²) in [6.07, 6.45) is 1.88. The average Bonchev–Trinajstić information content (AvgIpc) is 2.21. The Morgan fingerprint density at radius 3 is 2.87 bits per heavy atom. The minimum atomic E-state index is -0.406. The quantitative estimate of drug-likeness (QED) is 0.761. The minimum Gasteiger partial charge on any atom is -0.489 e. The predicted molar refractivity (Wildman–Crippen MR) is 60.1 cm³/mol. The van der Waals surface area contributed by atoms with E-state index < -0.39 is 5.82 Å². The van der Waals surface area contributed by atoms with Gasteiger partial charge in [-0.3, -0.25) is 0 Å². The fourth-order valence-electron chi connectivity index (χ4n) is 1.20. The molecule has 0 spiro atoms. The molecule has 0 fully saturated rings. The number of hydrogen-bond donors (Lipinski definition) is 1. The van der Waals surface area contributed by atoms with E-state index in [9.17, 15) is 4.39 Å². The summed E-state index contributed by atoms with van der Waals surface area (Å²) in [6.45, 7) is 1.43. The Morgan fingerprint density at radius 2 is 2.20 bits per heavy atom. The molecule has 2 nitrogen and oxygen atoms in total. The minimum absolute atomic E-state index is 0.156. The summed E-state index contributed by atoms with van der Waals surface area (Å²) in [5, 5.41) is 3.36. The van der Waals surface area contributed by atoms with Gasteiger partial charge in [0, 0.05) is 0 Å². The SMILES string of the molecule is CNCCCCOc1c(F)cccc1Cl. The average molecular weight is 232 g/mol. The van der Waals surface area contributed by atoms with E-state index in [0.717, 1.165) is 19.4 Å². The lowest BCUT2D eigenvalue weighted by Gasteiger charge is -2.08. The van der Waals surface area contributed by atoms with Gasteiger partial charge in [-0.1, -0.05) is 17.7 Å². The predicted octanol–water partition coefficient (Wildman–Crippen LogP) is 2.86. The van der Waals surface area contributed by atoms with Gasteiger partial charge in [-0.15, -0.1) is 0 Å². The maximum atomic E-state index is 13.2. The Balaban J connectivity index is 2.37. The van der Waals surface area contributed by atoms with Crippen molar-refractivity contribution in [3.8, 4) is 5.75 Å². The van der Waals surface area contributed by atoms with Gasteiger partial charge in [-0.25, -0.2) is 4.39 Å². The van der Waals surface area contributed by atoms with Gasteiger partial charge in [-0.05, 0) is 38.6 Å². The van der Waals surface area contributed by atoms with Crippen LogP contribution >= 0.6 is 11.6 Å². The highest BCUT2D eigenvalue weighted by atomic mass is 35.5. The summed E-state index contributed by atoms with van der Waals surface area (Å²) in [4.78, 5) is 0. The number of rotatable bonds is 6. The Labute approximate surface area is 94.4 Å². The topological polar surface area (TPSA) is 21.3 Å². The summed E-state index contributed by atoms with van der Waals surface area (Å²) in [5.74, 6) is -0.250. The van der Waals surface area contributed by atoms with Gasteiger partial charge in [0.2, 0.25) is 0 Å². The van der Waals surface area contributed by atoms with Crippen LogP contribution in [-0.4, -0.2) is 20.2 Å². The summed E-state index contributed by atoms with van der Waals surface area (Å²) in [6, 6.07) is 4.52. The van der Waals surface area contributed by atoms with Crippen molar-refractivity contribution >= 4 is 11.6 Å². The van der Waals surface area contributed by atoms with E-state index in [1.165, 1.54) is 6.07 Å². The summed E-state index contributed by atoms with van der Waals surface area (Å²) in [7, 11) is 1.90. The first kappa shape index (κ1) is 12.3. The van der Waals surface area contributed by atoms with Gasteiger partial charge in [0.05, 0.1) is 11.6 Å². The molecule has 0 saturated heterocycles. The third-order valence-corrected chi connectivity index (χ3v) is 2.28. The molecule has 0 aromatic heterocycles. The zero-order valence-corrected chi connectivity index (χ0v) is 9.48. The molecule has 15 heavy (non-hydrogen) atoms. The van der Waals surface area contributed by atoms with E-state index >= 15 is 0 Å². The zero-order valence-electron chi connectivity index (χ0n) is 8.72. The van der Waals surface area contributed by atoms with Crippen LogP contribution in [0, 0.1) is 5.82 Å². The highest BCUT2D eigenvalue weighted by molar-refractivity contribution is 6.32.